The summed E-state index contributed by atoms with van der Waals surface area (Å²) in [6.07, 6.45) is 7.94. The Morgan fingerprint density at radius 3 is 2.44 bits per heavy atom. The minimum atomic E-state index is -0.314. The molecule has 1 N–H and O–H groups in total. The van der Waals surface area contributed by atoms with Crippen molar-refractivity contribution in [2.75, 3.05) is 5.32 Å². The van der Waals surface area contributed by atoms with Crippen LogP contribution in [0.15, 0.2) is 66.9 Å². The van der Waals surface area contributed by atoms with Gasteiger partial charge in [-0.3, -0.25) is 9.78 Å². The molecule has 4 heteroatoms. The number of aromatic nitrogens is 1. The highest BCUT2D eigenvalue weighted by Gasteiger charge is 2.39. The van der Waals surface area contributed by atoms with Gasteiger partial charge in [-0.2, -0.15) is 0 Å². The van der Waals surface area contributed by atoms with E-state index < -0.39 is 0 Å². The first-order chi connectivity index (χ1) is 12.8. The van der Waals surface area contributed by atoms with Crippen LogP contribution in [0.25, 0.3) is 10.9 Å². The Hall–Kier alpha value is -2.39. The van der Waals surface area contributed by atoms with Crippen molar-refractivity contribution in [1.82, 2.24) is 4.98 Å². The summed E-state index contributed by atoms with van der Waals surface area (Å²) in [5.74, 6) is 0.137. The first kappa shape index (κ1) is 19.4. The maximum atomic E-state index is 13.3. The number of para-hydroxylation sites is 1. The van der Waals surface area contributed by atoms with Crippen LogP contribution in [0.4, 0.5) is 5.69 Å². The van der Waals surface area contributed by atoms with Gasteiger partial charge in [0.05, 0.1) is 22.8 Å². The van der Waals surface area contributed by atoms with E-state index in [-0.39, 0.29) is 23.7 Å². The maximum Gasteiger partial charge on any atom is 0.230 e. The summed E-state index contributed by atoms with van der Waals surface area (Å²) in [7, 11) is 0. The van der Waals surface area contributed by atoms with E-state index in [0.29, 0.717) is 0 Å². The molecule has 3 nitrogen and oxygen atoms in total. The molecule has 2 aromatic carbocycles. The number of halogens is 1. The molecular formula is C23H25ClN2O. The number of nitrogens with one attached hydrogen (secondary N) is 1. The molecule has 0 bridgehead atoms. The summed E-state index contributed by atoms with van der Waals surface area (Å²) < 4.78 is 0. The van der Waals surface area contributed by atoms with E-state index in [1.54, 1.807) is 6.20 Å². The minimum Gasteiger partial charge on any atom is -0.324 e. The lowest BCUT2D eigenvalue weighted by Gasteiger charge is -2.36. The van der Waals surface area contributed by atoms with Crippen LogP contribution in [0, 0.1) is 5.41 Å². The minimum absolute atomic E-state index is 0. The molecule has 0 radical (unpaired) electrons. The second-order valence-electron chi connectivity index (χ2n) is 7.37. The number of hydrogen-bond donors (Lipinski definition) is 1. The van der Waals surface area contributed by atoms with Crippen LogP contribution in [0.3, 0.4) is 0 Å². The molecule has 1 aromatic heterocycles. The zero-order valence-electron chi connectivity index (χ0n) is 15.4. The average Bonchev–Trinajstić information content (AvgIpc) is 2.69. The van der Waals surface area contributed by atoms with Gasteiger partial charge >= 0.3 is 0 Å². The summed E-state index contributed by atoms with van der Waals surface area (Å²) in [6.45, 7) is 0. The van der Waals surface area contributed by atoms with Crippen LogP contribution >= 0.6 is 12.4 Å². The third kappa shape index (κ3) is 4.30. The summed E-state index contributed by atoms with van der Waals surface area (Å²) in [4.78, 5) is 17.8. The lowest BCUT2D eigenvalue weighted by Crippen LogP contribution is -2.40. The standard InChI is InChI=1S/C23H24N2O.ClH/c26-22(25-20-15-19-11-5-6-12-21(19)24-17-20)23(13-7-2-8-14-23)16-18-9-3-1-4-10-18;/h1,3-6,9-12,15,17H,2,7-8,13-14,16H2,(H,25,26);1H. The second kappa shape index (κ2) is 8.53. The van der Waals surface area contributed by atoms with Crippen LogP contribution in [0.1, 0.15) is 37.7 Å². The molecule has 0 atom stereocenters. The van der Waals surface area contributed by atoms with Crippen LogP contribution in [0.5, 0.6) is 0 Å². The Bertz CT molecular complexity index is 904. The molecule has 0 aliphatic heterocycles. The number of carbonyl (C=O) groups excluding carboxylic acids is 1. The fraction of sp³-hybridized carbons (Fsp3) is 0.304. The summed E-state index contributed by atoms with van der Waals surface area (Å²) in [5.41, 5.74) is 2.65. The lowest BCUT2D eigenvalue weighted by atomic mass is 9.69. The van der Waals surface area contributed by atoms with E-state index in [0.717, 1.165) is 48.7 Å². The van der Waals surface area contributed by atoms with Crippen LogP contribution in [-0.2, 0) is 11.2 Å². The molecular weight excluding hydrogens is 356 g/mol. The molecule has 4 rings (SSSR count). The topological polar surface area (TPSA) is 42.0 Å². The number of fused-ring (bicyclic) bond motifs is 1. The fourth-order valence-electron chi connectivity index (χ4n) is 4.10. The van der Waals surface area contributed by atoms with E-state index in [9.17, 15) is 4.79 Å². The van der Waals surface area contributed by atoms with Gasteiger partial charge in [0.2, 0.25) is 5.91 Å². The maximum absolute atomic E-state index is 13.3. The first-order valence-electron chi connectivity index (χ1n) is 9.45. The van der Waals surface area contributed by atoms with E-state index in [4.69, 9.17) is 0 Å². The number of nitrogens with zero attached hydrogens (tertiary/aromatic N) is 1. The SMILES string of the molecule is Cl.O=C(Nc1cnc2ccccc2c1)C1(Cc2ccccc2)CCCCC1. The molecule has 1 fully saturated rings. The Balaban J connectivity index is 0.00000210. The molecule has 0 unspecified atom stereocenters. The van der Waals surface area contributed by atoms with Crippen molar-refractivity contribution < 1.29 is 4.79 Å². The number of hydrogen-bond acceptors (Lipinski definition) is 2. The van der Waals surface area contributed by atoms with Gasteiger partial charge in [0.15, 0.2) is 0 Å². The van der Waals surface area contributed by atoms with Crippen molar-refractivity contribution in [2.45, 2.75) is 38.5 Å². The normalized spacial score (nSPS) is 15.7. The second-order valence-corrected chi connectivity index (χ2v) is 7.37. The molecule has 3 aromatic rings. The van der Waals surface area contributed by atoms with Gasteiger partial charge in [-0.15, -0.1) is 12.4 Å². The first-order valence-corrected chi connectivity index (χ1v) is 9.45. The predicted octanol–water partition coefficient (Wildman–Crippen LogP) is 5.79. The van der Waals surface area contributed by atoms with Gasteiger partial charge in [-0.1, -0.05) is 67.8 Å². The molecule has 1 saturated carbocycles. The molecule has 1 amide bonds. The lowest BCUT2D eigenvalue weighted by molar-refractivity contribution is -0.127. The summed E-state index contributed by atoms with van der Waals surface area (Å²) in [5, 5.41) is 4.21. The van der Waals surface area contributed by atoms with Crippen molar-refractivity contribution in [3.63, 3.8) is 0 Å². The molecule has 1 aliphatic carbocycles. The fourth-order valence-corrected chi connectivity index (χ4v) is 4.10. The van der Waals surface area contributed by atoms with Gasteiger partial charge in [-0.25, -0.2) is 0 Å². The molecule has 27 heavy (non-hydrogen) atoms. The van der Waals surface area contributed by atoms with Crippen molar-refractivity contribution in [2.24, 2.45) is 5.41 Å². The third-order valence-corrected chi connectivity index (χ3v) is 5.53. The number of rotatable bonds is 4. The van der Waals surface area contributed by atoms with Gasteiger partial charge < -0.3 is 5.32 Å². The Morgan fingerprint density at radius 1 is 0.963 bits per heavy atom. The van der Waals surface area contributed by atoms with Gasteiger partial charge in [0.25, 0.3) is 0 Å². The van der Waals surface area contributed by atoms with Gasteiger partial charge in [0.1, 0.15) is 0 Å². The van der Waals surface area contributed by atoms with E-state index in [2.05, 4.69) is 34.6 Å². The number of carbonyl (C=O) groups is 1. The Labute approximate surface area is 166 Å². The highest BCUT2D eigenvalue weighted by atomic mass is 35.5. The highest BCUT2D eigenvalue weighted by molar-refractivity contribution is 5.97. The molecule has 1 aliphatic rings. The Kier molecular flexibility index (Phi) is 6.12. The Morgan fingerprint density at radius 2 is 1.67 bits per heavy atom. The number of benzene rings is 2. The van der Waals surface area contributed by atoms with Crippen LogP contribution in [-0.4, -0.2) is 10.9 Å². The van der Waals surface area contributed by atoms with E-state index in [1.807, 2.05) is 36.4 Å². The number of pyridine rings is 1. The van der Waals surface area contributed by atoms with Crippen molar-refractivity contribution in [3.05, 3.63) is 72.4 Å². The molecule has 0 saturated heterocycles. The summed E-state index contributed by atoms with van der Waals surface area (Å²) in [6, 6.07) is 20.4. The van der Waals surface area contributed by atoms with E-state index in [1.165, 1.54) is 12.0 Å². The average molecular weight is 381 g/mol. The van der Waals surface area contributed by atoms with Crippen LogP contribution < -0.4 is 5.32 Å². The number of amides is 1. The zero-order valence-corrected chi connectivity index (χ0v) is 16.2. The zero-order chi connectivity index (χ0) is 17.8. The highest BCUT2D eigenvalue weighted by Crippen LogP contribution is 2.40. The molecule has 140 valence electrons. The van der Waals surface area contributed by atoms with E-state index >= 15 is 0 Å². The van der Waals surface area contributed by atoms with Crippen molar-refractivity contribution in [3.8, 4) is 0 Å². The van der Waals surface area contributed by atoms with Gasteiger partial charge in [0, 0.05) is 5.39 Å². The van der Waals surface area contributed by atoms with Crippen molar-refractivity contribution in [1.29, 1.82) is 0 Å². The molecule has 1 heterocycles. The largest absolute Gasteiger partial charge is 0.324 e. The molecule has 0 spiro atoms. The van der Waals surface area contributed by atoms with Crippen LogP contribution in [0.2, 0.25) is 0 Å². The monoisotopic (exact) mass is 380 g/mol. The third-order valence-electron chi connectivity index (χ3n) is 5.53. The predicted molar refractivity (Wildman–Crippen MR) is 113 cm³/mol. The quantitative estimate of drug-likeness (QED) is 0.622. The van der Waals surface area contributed by atoms with Gasteiger partial charge in [-0.05, 0) is 37.0 Å². The smallest absolute Gasteiger partial charge is 0.230 e. The number of anilines is 1. The van der Waals surface area contributed by atoms with Crippen molar-refractivity contribution >= 4 is 34.9 Å². The summed E-state index contributed by atoms with van der Waals surface area (Å²) >= 11 is 0.